The molecular formula is C7H14N2O. The summed E-state index contributed by atoms with van der Waals surface area (Å²) in [5.74, 6) is 0.255. The zero-order valence-electron chi connectivity index (χ0n) is 6.55. The minimum atomic E-state index is 0.139. The van der Waals surface area contributed by atoms with Crippen LogP contribution in [0.3, 0.4) is 0 Å². The van der Waals surface area contributed by atoms with Gasteiger partial charge in [-0.25, -0.2) is 0 Å². The van der Waals surface area contributed by atoms with Gasteiger partial charge in [-0.2, -0.15) is 0 Å². The number of carbonyl (C=O) groups excluding carboxylic acids is 1. The van der Waals surface area contributed by atoms with Gasteiger partial charge in [-0.1, -0.05) is 0 Å². The second-order valence-corrected chi connectivity index (χ2v) is 2.47. The van der Waals surface area contributed by atoms with Crippen LogP contribution in [0.25, 0.3) is 0 Å². The molecule has 58 valence electrons. The molecule has 1 amide bonds. The van der Waals surface area contributed by atoms with E-state index in [1.807, 2.05) is 18.7 Å². The third-order valence-corrected chi connectivity index (χ3v) is 1.78. The van der Waals surface area contributed by atoms with Gasteiger partial charge in [0.05, 0.1) is 6.04 Å². The molecule has 1 aliphatic heterocycles. The minimum Gasteiger partial charge on any atom is -0.342 e. The van der Waals surface area contributed by atoms with Gasteiger partial charge < -0.3 is 10.2 Å². The van der Waals surface area contributed by atoms with Crippen molar-refractivity contribution in [2.75, 3.05) is 19.6 Å². The van der Waals surface area contributed by atoms with Crippen LogP contribution < -0.4 is 5.32 Å². The maximum Gasteiger partial charge on any atom is 0.241 e. The Morgan fingerprint density at radius 1 is 1.60 bits per heavy atom. The molecule has 1 aliphatic rings. The molecule has 1 N–H and O–H groups in total. The summed E-state index contributed by atoms with van der Waals surface area (Å²) in [6.07, 6.45) is 0. The van der Waals surface area contributed by atoms with Crippen LogP contribution in [0, 0.1) is 0 Å². The summed E-state index contributed by atoms with van der Waals surface area (Å²) >= 11 is 0. The molecule has 1 fully saturated rings. The van der Waals surface area contributed by atoms with Gasteiger partial charge in [0.2, 0.25) is 5.91 Å². The van der Waals surface area contributed by atoms with E-state index in [9.17, 15) is 4.79 Å². The molecule has 1 atom stereocenters. The lowest BCUT2D eigenvalue weighted by molar-refractivity contribution is -0.130. The van der Waals surface area contributed by atoms with Crippen LogP contribution in [0.15, 0.2) is 0 Å². The lowest BCUT2D eigenvalue weighted by atomic mass is 10.4. The van der Waals surface area contributed by atoms with Crippen molar-refractivity contribution in [2.45, 2.75) is 19.9 Å². The van der Waals surface area contributed by atoms with Crippen LogP contribution in [0.1, 0.15) is 13.8 Å². The van der Waals surface area contributed by atoms with E-state index in [1.165, 1.54) is 0 Å². The highest BCUT2D eigenvalue weighted by Crippen LogP contribution is 2.02. The number of nitrogens with zero attached hydrogens (tertiary/aromatic N) is 1. The van der Waals surface area contributed by atoms with Gasteiger partial charge in [0, 0.05) is 19.6 Å². The quantitative estimate of drug-likeness (QED) is 0.556. The van der Waals surface area contributed by atoms with E-state index in [0.29, 0.717) is 0 Å². The van der Waals surface area contributed by atoms with E-state index in [4.69, 9.17) is 0 Å². The molecule has 0 spiro atoms. The molecular weight excluding hydrogens is 128 g/mol. The molecule has 0 aromatic rings. The maximum atomic E-state index is 11.2. The Bertz CT molecular complexity index is 128. The van der Waals surface area contributed by atoms with Crippen molar-refractivity contribution < 1.29 is 4.79 Å². The average molecular weight is 142 g/mol. The first-order chi connectivity index (χ1) is 4.79. The van der Waals surface area contributed by atoms with Crippen LogP contribution >= 0.6 is 0 Å². The van der Waals surface area contributed by atoms with Crippen LogP contribution in [0.2, 0.25) is 0 Å². The summed E-state index contributed by atoms with van der Waals surface area (Å²) < 4.78 is 0. The zero-order valence-corrected chi connectivity index (χ0v) is 6.55. The highest BCUT2D eigenvalue weighted by atomic mass is 16.2. The molecule has 10 heavy (non-hydrogen) atoms. The van der Waals surface area contributed by atoms with E-state index >= 15 is 0 Å². The van der Waals surface area contributed by atoms with Gasteiger partial charge >= 0.3 is 0 Å². The first-order valence-corrected chi connectivity index (χ1v) is 3.81. The summed E-state index contributed by atoms with van der Waals surface area (Å²) in [6.45, 7) is 6.53. The minimum absolute atomic E-state index is 0.139. The molecule has 3 heteroatoms. The normalized spacial score (nSPS) is 22.4. The molecule has 0 aromatic carbocycles. The Hall–Kier alpha value is -0.570. The Balaban J connectivity index is 2.35. The third kappa shape index (κ3) is 1.48. The summed E-state index contributed by atoms with van der Waals surface area (Å²) in [7, 11) is 0. The molecule has 1 rings (SSSR count). The second-order valence-electron chi connectivity index (χ2n) is 2.47. The predicted octanol–water partition coefficient (Wildman–Crippen LogP) is -0.173. The average Bonchev–Trinajstić information content (AvgIpc) is 2.71. The summed E-state index contributed by atoms with van der Waals surface area (Å²) in [6, 6.07) is 0.139. The number of nitrogens with one attached hydrogen (secondary N) is 1. The zero-order chi connectivity index (χ0) is 7.56. The molecule has 0 aliphatic carbocycles. The fourth-order valence-electron chi connectivity index (χ4n) is 0.989. The fourth-order valence-corrected chi connectivity index (χ4v) is 0.989. The van der Waals surface area contributed by atoms with Crippen molar-refractivity contribution in [1.82, 2.24) is 10.2 Å². The predicted molar refractivity (Wildman–Crippen MR) is 39.7 cm³/mol. The smallest absolute Gasteiger partial charge is 0.241 e. The van der Waals surface area contributed by atoms with E-state index in [-0.39, 0.29) is 11.9 Å². The Kier molecular flexibility index (Phi) is 2.27. The molecule has 1 saturated heterocycles. The highest BCUT2D eigenvalue weighted by Gasteiger charge is 2.31. The van der Waals surface area contributed by atoms with Crippen molar-refractivity contribution in [3.63, 3.8) is 0 Å². The number of rotatable bonds is 3. The summed E-state index contributed by atoms with van der Waals surface area (Å²) in [5.41, 5.74) is 0. The van der Waals surface area contributed by atoms with E-state index < -0.39 is 0 Å². The van der Waals surface area contributed by atoms with Gasteiger partial charge in [0.1, 0.15) is 0 Å². The molecule has 3 nitrogen and oxygen atoms in total. The second kappa shape index (κ2) is 3.01. The molecule has 0 bridgehead atoms. The van der Waals surface area contributed by atoms with Gasteiger partial charge in [0.25, 0.3) is 0 Å². The molecule has 1 unspecified atom stereocenters. The number of likely N-dealkylation sites (N-methyl/N-ethyl adjacent to an activating group) is 1. The number of amides is 1. The molecule has 0 aromatic heterocycles. The van der Waals surface area contributed by atoms with Gasteiger partial charge in [-0.3, -0.25) is 4.79 Å². The Morgan fingerprint density at radius 3 is 2.40 bits per heavy atom. The topological polar surface area (TPSA) is 42.2 Å². The fraction of sp³-hybridized carbons (Fsp3) is 0.857. The lowest BCUT2D eigenvalue weighted by Gasteiger charge is -2.17. The molecule has 0 radical (unpaired) electrons. The van der Waals surface area contributed by atoms with E-state index in [1.54, 1.807) is 0 Å². The van der Waals surface area contributed by atoms with Crippen LogP contribution in [0.5, 0.6) is 0 Å². The SMILES string of the molecule is CCN(CC)C(=O)C1CN1. The van der Waals surface area contributed by atoms with Crippen molar-refractivity contribution in [2.24, 2.45) is 0 Å². The highest BCUT2D eigenvalue weighted by molar-refractivity contribution is 5.84. The maximum absolute atomic E-state index is 11.2. The van der Waals surface area contributed by atoms with Gasteiger partial charge in [-0.15, -0.1) is 0 Å². The van der Waals surface area contributed by atoms with Gasteiger partial charge in [-0.05, 0) is 13.8 Å². The molecule has 0 saturated carbocycles. The largest absolute Gasteiger partial charge is 0.342 e. The number of carbonyl (C=O) groups is 1. The van der Waals surface area contributed by atoms with Crippen LogP contribution in [-0.4, -0.2) is 36.5 Å². The lowest BCUT2D eigenvalue weighted by Crippen LogP contribution is -2.34. The Labute approximate surface area is 61.4 Å². The monoisotopic (exact) mass is 142 g/mol. The van der Waals surface area contributed by atoms with Crippen LogP contribution in [0.4, 0.5) is 0 Å². The third-order valence-electron chi connectivity index (χ3n) is 1.78. The Morgan fingerprint density at radius 2 is 2.10 bits per heavy atom. The summed E-state index contributed by atoms with van der Waals surface area (Å²) in [4.78, 5) is 13.1. The standard InChI is InChI=1S/C7H14N2O/c1-3-9(4-2)7(10)6-5-8-6/h6,8H,3-5H2,1-2H3. The first-order valence-electron chi connectivity index (χ1n) is 3.81. The van der Waals surface area contributed by atoms with Crippen molar-refractivity contribution in [1.29, 1.82) is 0 Å². The van der Waals surface area contributed by atoms with Crippen molar-refractivity contribution in [3.05, 3.63) is 0 Å². The van der Waals surface area contributed by atoms with Crippen molar-refractivity contribution >= 4 is 5.91 Å². The number of hydrogen-bond acceptors (Lipinski definition) is 2. The van der Waals surface area contributed by atoms with Gasteiger partial charge in [0.15, 0.2) is 0 Å². The van der Waals surface area contributed by atoms with Crippen LogP contribution in [-0.2, 0) is 4.79 Å². The molecule has 1 heterocycles. The van der Waals surface area contributed by atoms with Crippen molar-refractivity contribution in [3.8, 4) is 0 Å². The number of hydrogen-bond donors (Lipinski definition) is 1. The van der Waals surface area contributed by atoms with E-state index in [2.05, 4.69) is 5.32 Å². The summed E-state index contributed by atoms with van der Waals surface area (Å²) in [5, 5.41) is 2.99. The first kappa shape index (κ1) is 7.54. The van der Waals surface area contributed by atoms with E-state index in [0.717, 1.165) is 19.6 Å².